The topological polar surface area (TPSA) is 40.7 Å². The van der Waals surface area contributed by atoms with Gasteiger partial charge >= 0.3 is 0 Å². The Labute approximate surface area is 101 Å². The maximum atomic E-state index is 5.33. The number of rotatable bonds is 4. The van der Waals surface area contributed by atoms with Crippen LogP contribution in [0.2, 0.25) is 0 Å². The monoisotopic (exact) mass is 237 g/mol. The van der Waals surface area contributed by atoms with E-state index in [9.17, 15) is 0 Å². The highest BCUT2D eigenvalue weighted by Gasteiger charge is 2.15. The maximum absolute atomic E-state index is 5.33. The molecule has 5 nitrogen and oxygen atoms in total. The van der Waals surface area contributed by atoms with Gasteiger partial charge < -0.3 is 14.5 Å². The molecule has 0 spiro atoms. The third kappa shape index (κ3) is 2.87. The van der Waals surface area contributed by atoms with Gasteiger partial charge in [-0.25, -0.2) is 0 Å². The normalized spacial score (nSPS) is 22.6. The summed E-state index contributed by atoms with van der Waals surface area (Å²) in [7, 11) is 0. The summed E-state index contributed by atoms with van der Waals surface area (Å²) in [6.45, 7) is 7.22. The van der Waals surface area contributed by atoms with E-state index in [1.807, 2.05) is 0 Å². The van der Waals surface area contributed by atoms with E-state index in [1.54, 1.807) is 0 Å². The zero-order valence-electron chi connectivity index (χ0n) is 10.0. The number of ether oxygens (including phenoxy) is 2. The summed E-state index contributed by atoms with van der Waals surface area (Å²) in [5, 5.41) is 0. The summed E-state index contributed by atoms with van der Waals surface area (Å²) < 4.78 is 10.7. The summed E-state index contributed by atoms with van der Waals surface area (Å²) in [6.07, 6.45) is 0. The van der Waals surface area contributed by atoms with E-state index in [0.29, 0.717) is 0 Å². The van der Waals surface area contributed by atoms with Gasteiger partial charge in [-0.2, -0.15) is 0 Å². The molecule has 1 aromatic rings. The van der Waals surface area contributed by atoms with Gasteiger partial charge in [0.2, 0.25) is 0 Å². The summed E-state index contributed by atoms with van der Waals surface area (Å²) in [4.78, 5) is 8.07. The molecule has 0 aliphatic carbocycles. The molecule has 0 amide bonds. The Bertz CT molecular complexity index is 322. The fourth-order valence-electron chi connectivity index (χ4n) is 2.31. The number of aromatic amines is 1. The van der Waals surface area contributed by atoms with Gasteiger partial charge in [0.25, 0.3) is 0 Å². The molecule has 0 atom stereocenters. The Hall–Kier alpha value is -0.880. The van der Waals surface area contributed by atoms with Gasteiger partial charge in [0.1, 0.15) is 0 Å². The van der Waals surface area contributed by atoms with Gasteiger partial charge in [-0.1, -0.05) is 0 Å². The number of H-pyrrole nitrogens is 1. The summed E-state index contributed by atoms with van der Waals surface area (Å²) >= 11 is 0. The Morgan fingerprint density at radius 2 is 1.47 bits per heavy atom. The van der Waals surface area contributed by atoms with E-state index >= 15 is 0 Å². The van der Waals surface area contributed by atoms with Crippen LogP contribution in [0, 0.1) is 0 Å². The molecule has 0 bridgehead atoms. The van der Waals surface area contributed by atoms with Crippen molar-refractivity contribution in [3.63, 3.8) is 0 Å². The molecule has 2 saturated heterocycles. The second-order valence-electron chi connectivity index (χ2n) is 4.69. The Balaban J connectivity index is 1.54. The van der Waals surface area contributed by atoms with Crippen LogP contribution in [-0.4, -0.2) is 54.5 Å². The third-order valence-electron chi connectivity index (χ3n) is 3.25. The first kappa shape index (κ1) is 11.2. The minimum absolute atomic E-state index is 0.758. The lowest BCUT2D eigenvalue weighted by Gasteiger charge is -2.12. The molecule has 17 heavy (non-hydrogen) atoms. The molecule has 3 heterocycles. The van der Waals surface area contributed by atoms with Crippen LogP contribution in [0.25, 0.3) is 0 Å². The van der Waals surface area contributed by atoms with E-state index in [4.69, 9.17) is 9.47 Å². The van der Waals surface area contributed by atoms with Crippen molar-refractivity contribution in [2.24, 2.45) is 0 Å². The molecule has 2 aliphatic rings. The highest BCUT2D eigenvalue weighted by Crippen LogP contribution is 2.11. The van der Waals surface area contributed by atoms with Gasteiger partial charge in [0, 0.05) is 37.6 Å². The molecule has 2 aliphatic heterocycles. The van der Waals surface area contributed by atoms with Gasteiger partial charge in [0.15, 0.2) is 0 Å². The van der Waals surface area contributed by atoms with Crippen LogP contribution in [0.1, 0.15) is 11.4 Å². The second kappa shape index (κ2) is 5.18. The number of nitrogens with zero attached hydrogens (tertiary/aromatic N) is 2. The summed E-state index contributed by atoms with van der Waals surface area (Å²) in [5.74, 6) is 0. The predicted octanol–water partition coefficient (Wildman–Crippen LogP) is 0.594. The minimum atomic E-state index is 0.758. The van der Waals surface area contributed by atoms with Crippen molar-refractivity contribution >= 4 is 0 Å². The van der Waals surface area contributed by atoms with Crippen LogP contribution in [-0.2, 0) is 22.6 Å². The molecule has 0 saturated carbocycles. The van der Waals surface area contributed by atoms with E-state index in [0.717, 1.165) is 52.9 Å². The Kier molecular flexibility index (Phi) is 3.42. The fourth-order valence-corrected chi connectivity index (χ4v) is 2.31. The number of nitrogens with one attached hydrogen (secondary N) is 1. The first-order chi connectivity index (χ1) is 8.40. The molecule has 3 rings (SSSR count). The van der Waals surface area contributed by atoms with Gasteiger partial charge in [0.05, 0.1) is 26.7 Å². The largest absolute Gasteiger partial charge is 0.365 e. The van der Waals surface area contributed by atoms with Crippen LogP contribution in [0.5, 0.6) is 0 Å². The van der Waals surface area contributed by atoms with Crippen molar-refractivity contribution in [3.8, 4) is 0 Å². The van der Waals surface area contributed by atoms with Crippen LogP contribution >= 0.6 is 0 Å². The lowest BCUT2D eigenvalue weighted by molar-refractivity contribution is 0.135. The van der Waals surface area contributed by atoms with Crippen molar-refractivity contribution in [1.29, 1.82) is 0 Å². The van der Waals surface area contributed by atoms with Gasteiger partial charge in [-0.3, -0.25) is 9.80 Å². The zero-order chi connectivity index (χ0) is 11.5. The lowest BCUT2D eigenvalue weighted by atomic mass is 10.4. The average Bonchev–Trinajstić information content (AvgIpc) is 3.02. The standard InChI is InChI=1S/C12H19N3O2/c1-2-12(8-15-4-6-17-10-15)13-11(1)7-14-3-5-16-9-14/h1-2,13H,3-10H2. The molecule has 1 N–H and O–H groups in total. The predicted molar refractivity (Wildman–Crippen MR) is 63.3 cm³/mol. The molecule has 2 fully saturated rings. The molecule has 0 unspecified atom stereocenters. The molecular formula is C12H19N3O2. The van der Waals surface area contributed by atoms with Crippen LogP contribution in [0.15, 0.2) is 12.1 Å². The van der Waals surface area contributed by atoms with Crippen molar-refractivity contribution in [2.45, 2.75) is 13.1 Å². The quantitative estimate of drug-likeness (QED) is 0.832. The van der Waals surface area contributed by atoms with E-state index in [-0.39, 0.29) is 0 Å². The Morgan fingerprint density at radius 3 is 1.88 bits per heavy atom. The Morgan fingerprint density at radius 1 is 0.941 bits per heavy atom. The van der Waals surface area contributed by atoms with Crippen molar-refractivity contribution in [2.75, 3.05) is 39.8 Å². The second-order valence-corrected chi connectivity index (χ2v) is 4.69. The SMILES string of the molecule is c1cc(CN2CCOC2)[nH]c1CN1CCOC1. The van der Waals surface area contributed by atoms with Crippen molar-refractivity contribution < 1.29 is 9.47 Å². The lowest BCUT2D eigenvalue weighted by Crippen LogP contribution is -2.20. The molecule has 94 valence electrons. The van der Waals surface area contributed by atoms with Crippen molar-refractivity contribution in [3.05, 3.63) is 23.5 Å². The highest BCUT2D eigenvalue weighted by atomic mass is 16.5. The number of aromatic nitrogens is 1. The maximum Gasteiger partial charge on any atom is 0.0995 e. The van der Waals surface area contributed by atoms with Crippen molar-refractivity contribution in [1.82, 2.24) is 14.8 Å². The smallest absolute Gasteiger partial charge is 0.0995 e. The molecule has 0 aromatic carbocycles. The van der Waals surface area contributed by atoms with E-state index < -0.39 is 0 Å². The molecule has 5 heteroatoms. The van der Waals surface area contributed by atoms with E-state index in [1.165, 1.54) is 11.4 Å². The average molecular weight is 237 g/mol. The highest BCUT2D eigenvalue weighted by molar-refractivity contribution is 5.13. The molecule has 0 radical (unpaired) electrons. The van der Waals surface area contributed by atoms with E-state index in [2.05, 4.69) is 26.9 Å². The van der Waals surface area contributed by atoms with Crippen LogP contribution in [0.4, 0.5) is 0 Å². The van der Waals surface area contributed by atoms with Gasteiger partial charge in [-0.05, 0) is 12.1 Å². The summed E-state index contributed by atoms with van der Waals surface area (Å²) in [5.41, 5.74) is 2.54. The first-order valence-corrected chi connectivity index (χ1v) is 6.17. The molecule has 1 aromatic heterocycles. The van der Waals surface area contributed by atoms with Crippen LogP contribution in [0.3, 0.4) is 0 Å². The number of hydrogen-bond acceptors (Lipinski definition) is 4. The number of hydrogen-bond donors (Lipinski definition) is 1. The zero-order valence-corrected chi connectivity index (χ0v) is 10.0. The van der Waals surface area contributed by atoms with Crippen LogP contribution < -0.4 is 0 Å². The third-order valence-corrected chi connectivity index (χ3v) is 3.25. The fraction of sp³-hybridized carbons (Fsp3) is 0.667. The van der Waals surface area contributed by atoms with Gasteiger partial charge in [-0.15, -0.1) is 0 Å². The summed E-state index contributed by atoms with van der Waals surface area (Å²) in [6, 6.07) is 4.34. The first-order valence-electron chi connectivity index (χ1n) is 6.17. The molecular weight excluding hydrogens is 218 g/mol. The minimum Gasteiger partial charge on any atom is -0.365 e.